The molecular formula is C14H21N3O. The number of pyridine rings is 1. The number of rotatable bonds is 2. The highest BCUT2D eigenvalue weighted by atomic mass is 16.5. The molecule has 0 spiro atoms. The molecule has 0 radical (unpaired) electrons. The monoisotopic (exact) mass is 247 g/mol. The molecule has 3 heterocycles. The molecule has 3 rings (SSSR count). The fourth-order valence-electron chi connectivity index (χ4n) is 3.00. The van der Waals surface area contributed by atoms with Gasteiger partial charge in [-0.1, -0.05) is 6.07 Å². The van der Waals surface area contributed by atoms with Gasteiger partial charge in [0.25, 0.3) is 0 Å². The topological polar surface area (TPSA) is 28.6 Å². The van der Waals surface area contributed by atoms with Crippen molar-refractivity contribution in [3.8, 4) is 0 Å². The van der Waals surface area contributed by atoms with Crippen molar-refractivity contribution in [2.24, 2.45) is 5.92 Å². The zero-order valence-electron chi connectivity index (χ0n) is 11.0. The lowest BCUT2D eigenvalue weighted by molar-refractivity contribution is 0.0512. The van der Waals surface area contributed by atoms with Gasteiger partial charge in [0.2, 0.25) is 0 Å². The van der Waals surface area contributed by atoms with Gasteiger partial charge in [-0.3, -0.25) is 14.8 Å². The molecule has 4 heteroatoms. The Balaban J connectivity index is 1.70. The van der Waals surface area contributed by atoms with Crippen LogP contribution in [0.2, 0.25) is 0 Å². The molecule has 2 fully saturated rings. The number of nitrogens with zero attached hydrogens (tertiary/aromatic N) is 3. The SMILES string of the molecule is CN1C[C@H]2COC[C@@H]1CN(Cc1ccccn1)C2. The third-order valence-corrected chi connectivity index (χ3v) is 3.93. The first-order valence-corrected chi connectivity index (χ1v) is 6.71. The van der Waals surface area contributed by atoms with Crippen LogP contribution in [0.15, 0.2) is 24.4 Å². The van der Waals surface area contributed by atoms with Crippen LogP contribution in [-0.4, -0.2) is 60.7 Å². The van der Waals surface area contributed by atoms with Gasteiger partial charge < -0.3 is 4.74 Å². The second-order valence-corrected chi connectivity index (χ2v) is 5.51. The molecule has 4 nitrogen and oxygen atoms in total. The quantitative estimate of drug-likeness (QED) is 0.774. The van der Waals surface area contributed by atoms with Crippen LogP contribution in [0.25, 0.3) is 0 Å². The lowest BCUT2D eigenvalue weighted by Crippen LogP contribution is -2.42. The minimum atomic E-state index is 0.529. The van der Waals surface area contributed by atoms with E-state index < -0.39 is 0 Å². The minimum Gasteiger partial charge on any atom is -0.379 e. The van der Waals surface area contributed by atoms with Crippen LogP contribution in [0, 0.1) is 5.92 Å². The molecular weight excluding hydrogens is 226 g/mol. The van der Waals surface area contributed by atoms with E-state index in [-0.39, 0.29) is 0 Å². The number of hydrogen-bond donors (Lipinski definition) is 0. The van der Waals surface area contributed by atoms with Crippen LogP contribution in [0.5, 0.6) is 0 Å². The van der Waals surface area contributed by atoms with Crippen molar-refractivity contribution >= 4 is 0 Å². The maximum absolute atomic E-state index is 5.75. The summed E-state index contributed by atoms with van der Waals surface area (Å²) in [6.07, 6.45) is 1.88. The van der Waals surface area contributed by atoms with Gasteiger partial charge >= 0.3 is 0 Å². The van der Waals surface area contributed by atoms with E-state index in [1.165, 1.54) is 5.69 Å². The molecule has 2 aliphatic heterocycles. The summed E-state index contributed by atoms with van der Waals surface area (Å²) >= 11 is 0. The van der Waals surface area contributed by atoms with Gasteiger partial charge in [0.1, 0.15) is 0 Å². The minimum absolute atomic E-state index is 0.529. The number of likely N-dealkylation sites (N-methyl/N-ethyl adjacent to an activating group) is 1. The fraction of sp³-hybridized carbons (Fsp3) is 0.643. The summed E-state index contributed by atoms with van der Waals surface area (Å²) in [7, 11) is 2.22. The Morgan fingerprint density at radius 2 is 2.22 bits per heavy atom. The molecule has 0 aliphatic carbocycles. The van der Waals surface area contributed by atoms with Crippen LogP contribution in [0.3, 0.4) is 0 Å². The second kappa shape index (κ2) is 5.34. The molecule has 0 N–H and O–H groups in total. The summed E-state index contributed by atoms with van der Waals surface area (Å²) in [6, 6.07) is 6.68. The van der Waals surface area contributed by atoms with E-state index in [1.54, 1.807) is 0 Å². The normalized spacial score (nSPS) is 30.1. The number of hydrogen-bond acceptors (Lipinski definition) is 4. The first kappa shape index (κ1) is 12.1. The first-order valence-electron chi connectivity index (χ1n) is 6.71. The molecule has 2 atom stereocenters. The van der Waals surface area contributed by atoms with E-state index in [0.717, 1.165) is 39.4 Å². The number of fused-ring (bicyclic) bond motifs is 3. The Labute approximate surface area is 109 Å². The van der Waals surface area contributed by atoms with Crippen molar-refractivity contribution in [1.29, 1.82) is 0 Å². The maximum atomic E-state index is 5.75. The van der Waals surface area contributed by atoms with Crippen LogP contribution in [-0.2, 0) is 11.3 Å². The second-order valence-electron chi connectivity index (χ2n) is 5.51. The Kier molecular flexibility index (Phi) is 3.59. The zero-order chi connectivity index (χ0) is 12.4. The van der Waals surface area contributed by atoms with Crippen LogP contribution in [0.4, 0.5) is 0 Å². The van der Waals surface area contributed by atoms with E-state index in [2.05, 4.69) is 34.0 Å². The lowest BCUT2D eigenvalue weighted by Gasteiger charge is -2.29. The van der Waals surface area contributed by atoms with Gasteiger partial charge in [0.15, 0.2) is 0 Å². The molecule has 2 saturated heterocycles. The molecule has 1 aromatic heterocycles. The molecule has 2 bridgehead atoms. The van der Waals surface area contributed by atoms with E-state index >= 15 is 0 Å². The average Bonchev–Trinajstić information content (AvgIpc) is 2.59. The highest BCUT2D eigenvalue weighted by Gasteiger charge is 2.31. The van der Waals surface area contributed by atoms with Gasteiger partial charge in [-0.25, -0.2) is 0 Å². The Hall–Kier alpha value is -0.970. The maximum Gasteiger partial charge on any atom is 0.0634 e. The number of ether oxygens (including phenoxy) is 1. The van der Waals surface area contributed by atoms with Gasteiger partial charge in [-0.05, 0) is 19.2 Å². The van der Waals surface area contributed by atoms with Gasteiger partial charge in [0.05, 0.1) is 18.9 Å². The van der Waals surface area contributed by atoms with Crippen molar-refractivity contribution in [3.05, 3.63) is 30.1 Å². The molecule has 2 aliphatic rings. The summed E-state index contributed by atoms with van der Waals surface area (Å²) in [6.45, 7) is 6.09. The van der Waals surface area contributed by atoms with E-state index in [4.69, 9.17) is 4.74 Å². The summed E-state index contributed by atoms with van der Waals surface area (Å²) in [5.74, 6) is 0.631. The third kappa shape index (κ3) is 2.71. The molecule has 18 heavy (non-hydrogen) atoms. The summed E-state index contributed by atoms with van der Waals surface area (Å²) in [5.41, 5.74) is 1.17. The fourth-order valence-corrected chi connectivity index (χ4v) is 3.00. The molecule has 0 amide bonds. The molecule has 0 aromatic carbocycles. The molecule has 1 aromatic rings. The zero-order valence-corrected chi connectivity index (χ0v) is 11.0. The van der Waals surface area contributed by atoms with Crippen molar-refractivity contribution < 1.29 is 4.74 Å². The van der Waals surface area contributed by atoms with Crippen molar-refractivity contribution in [2.45, 2.75) is 12.6 Å². The van der Waals surface area contributed by atoms with Crippen molar-refractivity contribution in [3.63, 3.8) is 0 Å². The van der Waals surface area contributed by atoms with E-state index in [9.17, 15) is 0 Å². The highest BCUT2D eigenvalue weighted by Crippen LogP contribution is 2.19. The van der Waals surface area contributed by atoms with Crippen LogP contribution in [0.1, 0.15) is 5.69 Å². The van der Waals surface area contributed by atoms with E-state index in [0.29, 0.717) is 12.0 Å². The summed E-state index contributed by atoms with van der Waals surface area (Å²) in [5, 5.41) is 0. The van der Waals surface area contributed by atoms with Crippen molar-refractivity contribution in [1.82, 2.24) is 14.8 Å². The number of aromatic nitrogens is 1. The summed E-state index contributed by atoms with van der Waals surface area (Å²) < 4.78 is 5.75. The summed E-state index contributed by atoms with van der Waals surface area (Å²) in [4.78, 5) is 9.42. The smallest absolute Gasteiger partial charge is 0.0634 e. The van der Waals surface area contributed by atoms with E-state index in [1.807, 2.05) is 12.3 Å². The highest BCUT2D eigenvalue weighted by molar-refractivity contribution is 5.03. The van der Waals surface area contributed by atoms with Gasteiger partial charge in [-0.2, -0.15) is 0 Å². The van der Waals surface area contributed by atoms with Crippen molar-refractivity contribution in [2.75, 3.05) is 39.9 Å². The van der Waals surface area contributed by atoms with Crippen LogP contribution < -0.4 is 0 Å². The average molecular weight is 247 g/mol. The third-order valence-electron chi connectivity index (χ3n) is 3.93. The van der Waals surface area contributed by atoms with Crippen LogP contribution >= 0.6 is 0 Å². The predicted octanol–water partition coefficient (Wildman–Crippen LogP) is 0.844. The van der Waals surface area contributed by atoms with Gasteiger partial charge in [0, 0.05) is 44.3 Å². The Morgan fingerprint density at radius 3 is 3.06 bits per heavy atom. The Bertz CT molecular complexity index is 384. The largest absolute Gasteiger partial charge is 0.379 e. The predicted molar refractivity (Wildman–Crippen MR) is 70.2 cm³/mol. The lowest BCUT2D eigenvalue weighted by atomic mass is 10.1. The molecule has 0 saturated carbocycles. The standard InChI is InChI=1S/C14H21N3O/c1-16-6-12-7-17(9-14(16)11-18-10-12)8-13-4-2-3-5-15-13/h2-5,12,14H,6-11H2,1H3/t12-,14+/m1/s1. The molecule has 0 unspecified atom stereocenters. The Morgan fingerprint density at radius 1 is 1.28 bits per heavy atom. The first-order chi connectivity index (χ1) is 8.81. The van der Waals surface area contributed by atoms with Gasteiger partial charge in [-0.15, -0.1) is 0 Å². The molecule has 98 valence electrons.